The fourth-order valence-electron chi connectivity index (χ4n) is 2.55. The molecule has 4 rings (SSSR count). The van der Waals surface area contributed by atoms with Crippen LogP contribution in [0.2, 0.25) is 0 Å². The summed E-state index contributed by atoms with van der Waals surface area (Å²) >= 11 is 3.19. The third-order valence-corrected chi connectivity index (χ3v) is 5.87. The van der Waals surface area contributed by atoms with Gasteiger partial charge in [-0.05, 0) is 35.0 Å². The summed E-state index contributed by atoms with van der Waals surface area (Å²) in [6, 6.07) is 18.2. The molecule has 0 amide bonds. The van der Waals surface area contributed by atoms with E-state index < -0.39 is 0 Å². The van der Waals surface area contributed by atoms with Crippen molar-refractivity contribution < 1.29 is 4.74 Å². The summed E-state index contributed by atoms with van der Waals surface area (Å²) in [6.07, 6.45) is 0. The Kier molecular flexibility index (Phi) is 5.98. The smallest absolute Gasteiger partial charge is 0.210 e. The molecule has 0 spiro atoms. The van der Waals surface area contributed by atoms with Crippen molar-refractivity contribution in [1.82, 2.24) is 25.2 Å². The summed E-state index contributed by atoms with van der Waals surface area (Å²) in [4.78, 5) is 4.65. The molecular weight excluding hydrogens is 390 g/mol. The number of thiazole rings is 1. The molecule has 0 saturated carbocycles. The number of aryl methyl sites for hydroxylation is 1. The molecule has 8 heteroatoms. The van der Waals surface area contributed by atoms with E-state index in [1.807, 2.05) is 47.1 Å². The zero-order valence-corrected chi connectivity index (χ0v) is 17.0. The van der Waals surface area contributed by atoms with E-state index in [4.69, 9.17) is 4.74 Å². The number of aromatic nitrogens is 5. The lowest BCUT2D eigenvalue weighted by Crippen LogP contribution is -2.03. The van der Waals surface area contributed by atoms with Crippen molar-refractivity contribution in [2.75, 3.05) is 0 Å². The SMILES string of the molecule is Cc1ccc(OCc2nc(CSc3nnnn3Cc3ccccc3)cs2)cc1. The first-order valence-electron chi connectivity index (χ1n) is 8.82. The zero-order chi connectivity index (χ0) is 19.2. The minimum absolute atomic E-state index is 0.476. The van der Waals surface area contributed by atoms with Crippen LogP contribution in [0.15, 0.2) is 65.1 Å². The summed E-state index contributed by atoms with van der Waals surface area (Å²) in [5.41, 5.74) is 3.39. The van der Waals surface area contributed by atoms with Gasteiger partial charge in [0.2, 0.25) is 5.16 Å². The molecule has 0 radical (unpaired) electrons. The van der Waals surface area contributed by atoms with Crippen LogP contribution >= 0.6 is 23.1 Å². The number of tetrazole rings is 1. The Balaban J connectivity index is 1.31. The van der Waals surface area contributed by atoms with Crippen LogP contribution in [0.3, 0.4) is 0 Å². The van der Waals surface area contributed by atoms with Gasteiger partial charge in [0.25, 0.3) is 0 Å². The maximum absolute atomic E-state index is 5.80. The van der Waals surface area contributed by atoms with Crippen molar-refractivity contribution in [2.24, 2.45) is 0 Å². The Bertz CT molecular complexity index is 1010. The maximum atomic E-state index is 5.80. The van der Waals surface area contributed by atoms with E-state index in [0.717, 1.165) is 27.4 Å². The number of hydrogen-bond donors (Lipinski definition) is 0. The number of nitrogens with zero attached hydrogens (tertiary/aromatic N) is 5. The van der Waals surface area contributed by atoms with E-state index in [1.54, 1.807) is 23.1 Å². The van der Waals surface area contributed by atoms with E-state index in [9.17, 15) is 0 Å². The maximum Gasteiger partial charge on any atom is 0.210 e. The Hall–Kier alpha value is -2.71. The van der Waals surface area contributed by atoms with Crippen molar-refractivity contribution in [3.63, 3.8) is 0 Å². The Morgan fingerprint density at radius 2 is 1.89 bits per heavy atom. The lowest BCUT2D eigenvalue weighted by Gasteiger charge is -2.04. The van der Waals surface area contributed by atoms with Crippen LogP contribution < -0.4 is 4.74 Å². The quantitative estimate of drug-likeness (QED) is 0.403. The van der Waals surface area contributed by atoms with E-state index >= 15 is 0 Å². The standard InChI is InChI=1S/C20H19N5OS2/c1-15-7-9-18(10-8-15)26-12-19-21-17(13-27-19)14-28-20-22-23-24-25(20)11-16-5-3-2-4-6-16/h2-10,13H,11-12,14H2,1H3. The zero-order valence-electron chi connectivity index (χ0n) is 15.4. The molecular formula is C20H19N5OS2. The second-order valence-corrected chi connectivity index (χ2v) is 8.11. The van der Waals surface area contributed by atoms with Crippen LogP contribution in [0, 0.1) is 6.92 Å². The van der Waals surface area contributed by atoms with Crippen LogP contribution in [0.5, 0.6) is 5.75 Å². The van der Waals surface area contributed by atoms with Gasteiger partial charge in [0.1, 0.15) is 17.4 Å². The number of ether oxygens (including phenoxy) is 1. The van der Waals surface area contributed by atoms with Crippen LogP contribution in [-0.4, -0.2) is 25.2 Å². The average molecular weight is 410 g/mol. The third-order valence-electron chi connectivity index (χ3n) is 4.01. The van der Waals surface area contributed by atoms with E-state index in [1.165, 1.54) is 11.1 Å². The molecule has 2 aromatic heterocycles. The third kappa shape index (κ3) is 4.96. The summed E-state index contributed by atoms with van der Waals surface area (Å²) in [6.45, 7) is 3.19. The summed E-state index contributed by atoms with van der Waals surface area (Å²) in [5.74, 6) is 1.58. The highest BCUT2D eigenvalue weighted by Gasteiger charge is 2.10. The molecule has 0 bridgehead atoms. The Morgan fingerprint density at radius 1 is 1.07 bits per heavy atom. The highest BCUT2D eigenvalue weighted by Crippen LogP contribution is 2.23. The molecule has 0 aliphatic rings. The molecule has 0 aliphatic heterocycles. The molecule has 6 nitrogen and oxygen atoms in total. The van der Waals surface area contributed by atoms with Crippen LogP contribution in [-0.2, 0) is 18.9 Å². The first-order chi connectivity index (χ1) is 13.8. The number of benzene rings is 2. The van der Waals surface area contributed by atoms with Gasteiger partial charge in [-0.3, -0.25) is 0 Å². The van der Waals surface area contributed by atoms with Gasteiger partial charge in [-0.1, -0.05) is 59.8 Å². The van der Waals surface area contributed by atoms with Crippen molar-refractivity contribution in [3.8, 4) is 5.75 Å². The predicted molar refractivity (Wildman–Crippen MR) is 111 cm³/mol. The van der Waals surface area contributed by atoms with Crippen molar-refractivity contribution in [3.05, 3.63) is 81.8 Å². The summed E-state index contributed by atoms with van der Waals surface area (Å²) in [5, 5.41) is 15.8. The molecule has 142 valence electrons. The second-order valence-electron chi connectivity index (χ2n) is 6.23. The van der Waals surface area contributed by atoms with Crippen molar-refractivity contribution in [1.29, 1.82) is 0 Å². The number of rotatable bonds is 8. The van der Waals surface area contributed by atoms with Gasteiger partial charge in [0, 0.05) is 11.1 Å². The van der Waals surface area contributed by atoms with Gasteiger partial charge in [-0.15, -0.1) is 16.4 Å². The average Bonchev–Trinajstić information content (AvgIpc) is 3.36. The van der Waals surface area contributed by atoms with Gasteiger partial charge < -0.3 is 4.74 Å². The molecule has 4 aromatic rings. The molecule has 0 saturated heterocycles. The lowest BCUT2D eigenvalue weighted by molar-refractivity contribution is 0.305. The van der Waals surface area contributed by atoms with Gasteiger partial charge in [-0.25, -0.2) is 9.67 Å². The number of hydrogen-bond acceptors (Lipinski definition) is 7. The minimum Gasteiger partial charge on any atom is -0.486 e. The predicted octanol–water partition coefficient (Wildman–Crippen LogP) is 4.36. The monoisotopic (exact) mass is 409 g/mol. The van der Waals surface area contributed by atoms with E-state index in [2.05, 4.69) is 44.9 Å². The fraction of sp³-hybridized carbons (Fsp3) is 0.200. The molecule has 2 aromatic carbocycles. The highest BCUT2D eigenvalue weighted by molar-refractivity contribution is 7.98. The van der Waals surface area contributed by atoms with Crippen molar-refractivity contribution >= 4 is 23.1 Å². The molecule has 0 atom stereocenters. The van der Waals surface area contributed by atoms with Crippen molar-refractivity contribution in [2.45, 2.75) is 31.0 Å². The van der Waals surface area contributed by atoms with Crippen LogP contribution in [0.25, 0.3) is 0 Å². The summed E-state index contributed by atoms with van der Waals surface area (Å²) in [7, 11) is 0. The fourth-order valence-corrected chi connectivity index (χ4v) is 4.13. The van der Waals surface area contributed by atoms with E-state index in [0.29, 0.717) is 13.2 Å². The molecule has 0 N–H and O–H groups in total. The van der Waals surface area contributed by atoms with E-state index in [-0.39, 0.29) is 0 Å². The van der Waals surface area contributed by atoms with Crippen LogP contribution in [0.4, 0.5) is 0 Å². The normalized spacial score (nSPS) is 10.9. The first kappa shape index (κ1) is 18.6. The number of thioether (sulfide) groups is 1. The minimum atomic E-state index is 0.476. The van der Waals surface area contributed by atoms with Gasteiger partial charge >= 0.3 is 0 Å². The topological polar surface area (TPSA) is 65.7 Å². The van der Waals surface area contributed by atoms with Gasteiger partial charge in [0.15, 0.2) is 0 Å². The Labute approximate surface area is 171 Å². The van der Waals surface area contributed by atoms with Crippen LogP contribution in [0.1, 0.15) is 21.8 Å². The van der Waals surface area contributed by atoms with Gasteiger partial charge in [-0.2, -0.15) is 0 Å². The first-order valence-corrected chi connectivity index (χ1v) is 10.7. The highest BCUT2D eigenvalue weighted by atomic mass is 32.2. The second kappa shape index (κ2) is 8.99. The molecule has 0 unspecified atom stereocenters. The largest absolute Gasteiger partial charge is 0.486 e. The molecule has 0 fully saturated rings. The van der Waals surface area contributed by atoms with Gasteiger partial charge in [0.05, 0.1) is 12.2 Å². The molecule has 2 heterocycles. The Morgan fingerprint density at radius 3 is 2.71 bits per heavy atom. The molecule has 28 heavy (non-hydrogen) atoms. The summed E-state index contributed by atoms with van der Waals surface area (Å²) < 4.78 is 7.61. The molecule has 0 aliphatic carbocycles. The lowest BCUT2D eigenvalue weighted by atomic mass is 10.2.